The molecular formula is C15H10BrCl2NO4. The summed E-state index contributed by atoms with van der Waals surface area (Å²) in [5.74, 6) is -1.53. The van der Waals surface area contributed by atoms with Gasteiger partial charge in [-0.15, -0.1) is 0 Å². The van der Waals surface area contributed by atoms with Gasteiger partial charge < -0.3 is 15.2 Å². The molecule has 120 valence electrons. The largest absolute Gasteiger partial charge is 0.493 e. The van der Waals surface area contributed by atoms with Crippen LogP contribution in [0, 0.1) is 0 Å². The topological polar surface area (TPSA) is 75.6 Å². The SMILES string of the molecule is COc1c(Cl)cc(C(=O)O)cc1NC(=O)c1cc(Br)ccc1Cl. The summed E-state index contributed by atoms with van der Waals surface area (Å²) in [6.45, 7) is 0. The Morgan fingerprint density at radius 3 is 2.48 bits per heavy atom. The maximum absolute atomic E-state index is 12.4. The standard InChI is InChI=1S/C15H10BrCl2NO4/c1-23-13-11(18)4-7(15(21)22)5-12(13)19-14(20)9-6-8(16)2-3-10(9)17/h2-6H,1H3,(H,19,20)(H,21,22). The lowest BCUT2D eigenvalue weighted by atomic mass is 10.1. The number of benzene rings is 2. The minimum absolute atomic E-state index is 0.0723. The number of carbonyl (C=O) groups is 2. The number of amides is 1. The monoisotopic (exact) mass is 417 g/mol. The van der Waals surface area contributed by atoms with Crippen molar-refractivity contribution in [3.05, 3.63) is 56.0 Å². The fourth-order valence-electron chi connectivity index (χ4n) is 1.88. The Kier molecular flexibility index (Phi) is 5.51. The highest BCUT2D eigenvalue weighted by Gasteiger charge is 2.18. The van der Waals surface area contributed by atoms with E-state index in [1.165, 1.54) is 19.2 Å². The molecule has 0 saturated heterocycles. The normalized spacial score (nSPS) is 10.3. The van der Waals surface area contributed by atoms with Gasteiger partial charge in [-0.3, -0.25) is 4.79 Å². The number of anilines is 1. The molecule has 2 N–H and O–H groups in total. The zero-order valence-corrected chi connectivity index (χ0v) is 14.8. The minimum Gasteiger partial charge on any atom is -0.493 e. The van der Waals surface area contributed by atoms with Gasteiger partial charge in [0.1, 0.15) is 0 Å². The second kappa shape index (κ2) is 7.21. The van der Waals surface area contributed by atoms with Crippen LogP contribution in [-0.2, 0) is 0 Å². The van der Waals surface area contributed by atoms with E-state index < -0.39 is 11.9 Å². The molecule has 0 atom stereocenters. The molecule has 0 bridgehead atoms. The predicted octanol–water partition coefficient (Wildman–Crippen LogP) is 4.72. The molecular weight excluding hydrogens is 409 g/mol. The Hall–Kier alpha value is -1.76. The molecule has 0 heterocycles. The van der Waals surface area contributed by atoms with Gasteiger partial charge in [0, 0.05) is 4.47 Å². The fraction of sp³-hybridized carbons (Fsp3) is 0.0667. The van der Waals surface area contributed by atoms with E-state index in [-0.39, 0.29) is 32.6 Å². The van der Waals surface area contributed by atoms with E-state index in [9.17, 15) is 9.59 Å². The van der Waals surface area contributed by atoms with Gasteiger partial charge >= 0.3 is 5.97 Å². The number of hydrogen-bond donors (Lipinski definition) is 2. The molecule has 0 saturated carbocycles. The van der Waals surface area contributed by atoms with Gasteiger partial charge in [-0.2, -0.15) is 0 Å². The smallest absolute Gasteiger partial charge is 0.335 e. The Morgan fingerprint density at radius 2 is 1.87 bits per heavy atom. The van der Waals surface area contributed by atoms with Crippen LogP contribution in [0.25, 0.3) is 0 Å². The van der Waals surface area contributed by atoms with E-state index in [0.29, 0.717) is 4.47 Å². The van der Waals surface area contributed by atoms with Crippen molar-refractivity contribution in [2.45, 2.75) is 0 Å². The van der Waals surface area contributed by atoms with E-state index in [1.807, 2.05) is 0 Å². The van der Waals surface area contributed by atoms with Crippen LogP contribution in [0.1, 0.15) is 20.7 Å². The van der Waals surface area contributed by atoms with Crippen LogP contribution >= 0.6 is 39.1 Å². The zero-order valence-electron chi connectivity index (χ0n) is 11.7. The van der Waals surface area contributed by atoms with E-state index in [0.717, 1.165) is 0 Å². The van der Waals surface area contributed by atoms with E-state index in [4.69, 9.17) is 33.0 Å². The second-order valence-electron chi connectivity index (χ2n) is 4.42. The van der Waals surface area contributed by atoms with Gasteiger partial charge in [-0.05, 0) is 30.3 Å². The number of aromatic carboxylic acids is 1. The molecule has 0 spiro atoms. The van der Waals surface area contributed by atoms with Crippen molar-refractivity contribution in [1.29, 1.82) is 0 Å². The molecule has 1 amide bonds. The first-order chi connectivity index (χ1) is 10.8. The molecule has 8 heteroatoms. The summed E-state index contributed by atoms with van der Waals surface area (Å²) in [7, 11) is 1.36. The first-order valence-electron chi connectivity index (χ1n) is 6.20. The van der Waals surface area contributed by atoms with Crippen molar-refractivity contribution in [3.63, 3.8) is 0 Å². The number of carboxylic acids is 1. The Bertz CT molecular complexity index is 795. The van der Waals surface area contributed by atoms with Crippen LogP contribution in [0.5, 0.6) is 5.75 Å². The number of carboxylic acid groups (broad SMARTS) is 1. The number of rotatable bonds is 4. The molecule has 0 radical (unpaired) electrons. The highest BCUT2D eigenvalue weighted by atomic mass is 79.9. The lowest BCUT2D eigenvalue weighted by molar-refractivity contribution is 0.0696. The van der Waals surface area contributed by atoms with Gasteiger partial charge in [0.15, 0.2) is 5.75 Å². The van der Waals surface area contributed by atoms with Gasteiger partial charge in [-0.1, -0.05) is 39.1 Å². The number of carbonyl (C=O) groups excluding carboxylic acids is 1. The van der Waals surface area contributed by atoms with Gasteiger partial charge in [0.2, 0.25) is 0 Å². The Balaban J connectivity index is 2.44. The van der Waals surface area contributed by atoms with Crippen LogP contribution in [0.2, 0.25) is 10.0 Å². The number of methoxy groups -OCH3 is 1. The summed E-state index contributed by atoms with van der Waals surface area (Å²) in [6.07, 6.45) is 0. The van der Waals surface area contributed by atoms with Crippen molar-refractivity contribution in [2.24, 2.45) is 0 Å². The lowest BCUT2D eigenvalue weighted by Crippen LogP contribution is -2.14. The van der Waals surface area contributed by atoms with Gasteiger partial charge in [0.05, 0.1) is 34.0 Å². The van der Waals surface area contributed by atoms with Crippen LogP contribution in [0.15, 0.2) is 34.8 Å². The van der Waals surface area contributed by atoms with Crippen molar-refractivity contribution < 1.29 is 19.4 Å². The molecule has 2 aromatic rings. The van der Waals surface area contributed by atoms with Crippen molar-refractivity contribution in [3.8, 4) is 5.75 Å². The molecule has 0 aromatic heterocycles. The van der Waals surface area contributed by atoms with Gasteiger partial charge in [-0.25, -0.2) is 4.79 Å². The zero-order chi connectivity index (χ0) is 17.1. The second-order valence-corrected chi connectivity index (χ2v) is 6.15. The first kappa shape index (κ1) is 17.6. The Labute approximate surface area is 150 Å². The third-order valence-electron chi connectivity index (χ3n) is 2.92. The molecule has 23 heavy (non-hydrogen) atoms. The molecule has 0 aliphatic heterocycles. The van der Waals surface area contributed by atoms with Crippen LogP contribution in [-0.4, -0.2) is 24.1 Å². The number of hydrogen-bond acceptors (Lipinski definition) is 3. The highest BCUT2D eigenvalue weighted by molar-refractivity contribution is 9.10. The van der Waals surface area contributed by atoms with Gasteiger partial charge in [0.25, 0.3) is 5.91 Å². The maximum atomic E-state index is 12.4. The number of ether oxygens (including phenoxy) is 1. The van der Waals surface area contributed by atoms with E-state index >= 15 is 0 Å². The molecule has 0 aliphatic rings. The summed E-state index contributed by atoms with van der Waals surface area (Å²) in [5, 5.41) is 12.0. The van der Waals surface area contributed by atoms with E-state index in [1.54, 1.807) is 18.2 Å². The highest BCUT2D eigenvalue weighted by Crippen LogP contribution is 2.35. The summed E-state index contributed by atoms with van der Waals surface area (Å²) in [6, 6.07) is 7.31. The quantitative estimate of drug-likeness (QED) is 0.753. The minimum atomic E-state index is -1.18. The van der Waals surface area contributed by atoms with Crippen LogP contribution in [0.3, 0.4) is 0 Å². The maximum Gasteiger partial charge on any atom is 0.335 e. The predicted molar refractivity (Wildman–Crippen MR) is 92.1 cm³/mol. The number of halogens is 3. The summed E-state index contributed by atoms with van der Waals surface area (Å²) in [5.41, 5.74) is 0.282. The molecule has 0 aliphatic carbocycles. The lowest BCUT2D eigenvalue weighted by Gasteiger charge is -2.13. The molecule has 2 rings (SSSR count). The fourth-order valence-corrected chi connectivity index (χ4v) is 2.74. The van der Waals surface area contributed by atoms with Crippen LogP contribution in [0.4, 0.5) is 5.69 Å². The van der Waals surface area contributed by atoms with E-state index in [2.05, 4.69) is 21.2 Å². The number of nitrogens with one attached hydrogen (secondary N) is 1. The molecule has 5 nitrogen and oxygen atoms in total. The van der Waals surface area contributed by atoms with Crippen molar-refractivity contribution in [2.75, 3.05) is 12.4 Å². The summed E-state index contributed by atoms with van der Waals surface area (Å²) >= 11 is 15.3. The van der Waals surface area contributed by atoms with Crippen molar-refractivity contribution in [1.82, 2.24) is 0 Å². The average molecular weight is 419 g/mol. The first-order valence-corrected chi connectivity index (χ1v) is 7.75. The summed E-state index contributed by atoms with van der Waals surface area (Å²) < 4.78 is 5.80. The third-order valence-corrected chi connectivity index (χ3v) is 4.02. The third kappa shape index (κ3) is 3.96. The molecule has 0 fully saturated rings. The molecule has 2 aromatic carbocycles. The Morgan fingerprint density at radius 1 is 1.17 bits per heavy atom. The van der Waals surface area contributed by atoms with Crippen molar-refractivity contribution >= 4 is 56.7 Å². The average Bonchev–Trinajstić information content (AvgIpc) is 2.49. The molecule has 0 unspecified atom stereocenters. The van der Waals surface area contributed by atoms with Crippen LogP contribution < -0.4 is 10.1 Å². The summed E-state index contributed by atoms with van der Waals surface area (Å²) in [4.78, 5) is 23.5.